The van der Waals surface area contributed by atoms with Crippen LogP contribution in [0.4, 0.5) is 5.69 Å². The topological polar surface area (TPSA) is 58.2 Å². The first kappa shape index (κ1) is 23.8. The molecule has 2 aromatic carbocycles. The summed E-state index contributed by atoms with van der Waals surface area (Å²) in [6.07, 6.45) is 1.95. The zero-order chi connectivity index (χ0) is 22.1. The van der Waals surface area contributed by atoms with E-state index in [0.717, 1.165) is 5.75 Å². The van der Waals surface area contributed by atoms with E-state index in [-0.39, 0.29) is 22.4 Å². The lowest BCUT2D eigenvalue weighted by molar-refractivity contribution is -0.117. The standard InChI is InChI=1S/C20H17Cl5N2O2S/c1-30-5-4-26-18(28)14-9-13(2-3-15(14)23)27-19(29)17-16(20(17,24)25)10-6-11(21)8-12(22)7-10/h2-3,6-9,16-17H,4-5H2,1H3,(H,26,28)(H,27,29)/t16-,17+/m1/s1. The van der Waals surface area contributed by atoms with Crippen LogP contribution in [-0.4, -0.2) is 34.7 Å². The summed E-state index contributed by atoms with van der Waals surface area (Å²) in [5, 5.41) is 6.70. The summed E-state index contributed by atoms with van der Waals surface area (Å²) in [6, 6.07) is 9.64. The van der Waals surface area contributed by atoms with Crippen LogP contribution in [0.5, 0.6) is 0 Å². The molecular formula is C20H17Cl5N2O2S. The van der Waals surface area contributed by atoms with E-state index in [1.54, 1.807) is 42.1 Å². The van der Waals surface area contributed by atoms with Crippen LogP contribution < -0.4 is 10.6 Å². The number of nitrogens with one attached hydrogen (secondary N) is 2. The number of anilines is 1. The molecule has 1 aliphatic rings. The van der Waals surface area contributed by atoms with Gasteiger partial charge in [-0.1, -0.05) is 34.8 Å². The zero-order valence-electron chi connectivity index (χ0n) is 15.6. The molecule has 0 radical (unpaired) electrons. The monoisotopic (exact) mass is 524 g/mol. The number of halogens is 5. The number of benzene rings is 2. The van der Waals surface area contributed by atoms with Gasteiger partial charge in [0.2, 0.25) is 5.91 Å². The molecule has 2 amide bonds. The van der Waals surface area contributed by atoms with Crippen molar-refractivity contribution in [1.29, 1.82) is 0 Å². The second kappa shape index (κ2) is 9.76. The number of thioether (sulfide) groups is 1. The van der Waals surface area contributed by atoms with Gasteiger partial charge in [-0.15, -0.1) is 23.2 Å². The molecular weight excluding hydrogens is 510 g/mol. The summed E-state index contributed by atoms with van der Waals surface area (Å²) < 4.78 is -1.29. The Morgan fingerprint density at radius 1 is 1.07 bits per heavy atom. The van der Waals surface area contributed by atoms with Gasteiger partial charge < -0.3 is 10.6 Å². The highest BCUT2D eigenvalue weighted by atomic mass is 35.5. The fourth-order valence-electron chi connectivity index (χ4n) is 3.18. The molecule has 10 heteroatoms. The number of amides is 2. The van der Waals surface area contributed by atoms with E-state index in [9.17, 15) is 9.59 Å². The summed E-state index contributed by atoms with van der Waals surface area (Å²) in [6.45, 7) is 0.514. The third kappa shape index (κ3) is 5.32. The van der Waals surface area contributed by atoms with Crippen LogP contribution in [0.3, 0.4) is 0 Å². The van der Waals surface area contributed by atoms with Gasteiger partial charge in [0.1, 0.15) is 4.33 Å². The lowest BCUT2D eigenvalue weighted by atomic mass is 10.1. The SMILES string of the molecule is CSCCNC(=O)c1cc(NC(=O)[C@@H]2[C@@H](c3cc(Cl)cc(Cl)c3)C2(Cl)Cl)ccc1Cl. The van der Waals surface area contributed by atoms with Gasteiger partial charge in [0.05, 0.1) is 16.5 Å². The fourth-order valence-corrected chi connectivity index (χ4v) is 5.06. The van der Waals surface area contributed by atoms with Crippen molar-refractivity contribution in [2.75, 3.05) is 23.9 Å². The number of carbonyl (C=O) groups excluding carboxylic acids is 2. The van der Waals surface area contributed by atoms with Crippen molar-refractivity contribution in [3.05, 3.63) is 62.6 Å². The zero-order valence-corrected chi connectivity index (χ0v) is 20.2. The number of alkyl halides is 2. The largest absolute Gasteiger partial charge is 0.351 e. The average Bonchev–Trinajstić information content (AvgIpc) is 3.25. The third-order valence-electron chi connectivity index (χ3n) is 4.65. The van der Waals surface area contributed by atoms with Gasteiger partial charge in [-0.05, 0) is 48.2 Å². The number of rotatable bonds is 7. The van der Waals surface area contributed by atoms with E-state index in [4.69, 9.17) is 58.0 Å². The Morgan fingerprint density at radius 2 is 1.73 bits per heavy atom. The van der Waals surface area contributed by atoms with Gasteiger partial charge in [0, 0.05) is 33.9 Å². The Labute approximate surface area is 203 Å². The average molecular weight is 527 g/mol. The molecule has 0 heterocycles. The third-order valence-corrected chi connectivity index (χ3v) is 6.97. The van der Waals surface area contributed by atoms with Crippen molar-refractivity contribution in [2.45, 2.75) is 10.3 Å². The summed E-state index contributed by atoms with van der Waals surface area (Å²) in [5.74, 6) is -1.07. The molecule has 1 aliphatic carbocycles. The van der Waals surface area contributed by atoms with E-state index in [2.05, 4.69) is 10.6 Å². The molecule has 1 saturated carbocycles. The minimum absolute atomic E-state index is 0.271. The molecule has 4 nitrogen and oxygen atoms in total. The number of hydrogen-bond acceptors (Lipinski definition) is 3. The van der Waals surface area contributed by atoms with Gasteiger partial charge in [0.15, 0.2) is 0 Å². The minimum atomic E-state index is -1.29. The molecule has 160 valence electrons. The maximum absolute atomic E-state index is 12.8. The van der Waals surface area contributed by atoms with Crippen molar-refractivity contribution in [2.24, 2.45) is 5.92 Å². The minimum Gasteiger partial charge on any atom is -0.351 e. The molecule has 2 N–H and O–H groups in total. The first-order valence-corrected chi connectivity index (χ1v) is 12.1. The Bertz CT molecular complexity index is 965. The van der Waals surface area contributed by atoms with Gasteiger partial charge >= 0.3 is 0 Å². The van der Waals surface area contributed by atoms with Gasteiger partial charge in [-0.2, -0.15) is 11.8 Å². The molecule has 0 saturated heterocycles. The van der Waals surface area contributed by atoms with Crippen LogP contribution >= 0.6 is 69.8 Å². The molecule has 0 aliphatic heterocycles. The van der Waals surface area contributed by atoms with E-state index in [0.29, 0.717) is 27.8 Å². The highest BCUT2D eigenvalue weighted by molar-refractivity contribution is 7.98. The molecule has 0 bridgehead atoms. The smallest absolute Gasteiger partial charge is 0.252 e. The number of hydrogen-bond donors (Lipinski definition) is 2. The van der Waals surface area contributed by atoms with E-state index in [1.165, 1.54) is 6.07 Å². The first-order chi connectivity index (χ1) is 14.1. The summed E-state index contributed by atoms with van der Waals surface area (Å²) in [4.78, 5) is 25.2. The predicted molar refractivity (Wildman–Crippen MR) is 128 cm³/mol. The Hall–Kier alpha value is -0.820. The van der Waals surface area contributed by atoms with Crippen LogP contribution in [-0.2, 0) is 4.79 Å². The van der Waals surface area contributed by atoms with Crippen LogP contribution in [0, 0.1) is 5.92 Å². The summed E-state index contributed by atoms with van der Waals surface area (Å²) in [5.41, 5.74) is 1.37. The molecule has 0 unspecified atom stereocenters. The van der Waals surface area contributed by atoms with Crippen LogP contribution in [0.15, 0.2) is 36.4 Å². The molecule has 2 atom stereocenters. The maximum Gasteiger partial charge on any atom is 0.252 e. The Morgan fingerprint density at radius 3 is 2.37 bits per heavy atom. The highest BCUT2D eigenvalue weighted by Gasteiger charge is 2.67. The van der Waals surface area contributed by atoms with Crippen molar-refractivity contribution in [3.8, 4) is 0 Å². The first-order valence-electron chi connectivity index (χ1n) is 8.86. The van der Waals surface area contributed by atoms with Crippen molar-refractivity contribution >= 4 is 87.3 Å². The van der Waals surface area contributed by atoms with Gasteiger partial charge in [-0.25, -0.2) is 0 Å². The summed E-state index contributed by atoms with van der Waals surface area (Å²) >= 11 is 32.6. The lowest BCUT2D eigenvalue weighted by Gasteiger charge is -2.10. The molecule has 1 fully saturated rings. The van der Waals surface area contributed by atoms with Crippen LogP contribution in [0.2, 0.25) is 15.1 Å². The van der Waals surface area contributed by atoms with Crippen molar-refractivity contribution < 1.29 is 9.59 Å². The second-order valence-electron chi connectivity index (χ2n) is 6.77. The predicted octanol–water partition coefficient (Wildman–Crippen LogP) is 6.27. The van der Waals surface area contributed by atoms with Gasteiger partial charge in [-0.3, -0.25) is 9.59 Å². The molecule has 3 rings (SSSR count). The van der Waals surface area contributed by atoms with Crippen molar-refractivity contribution in [1.82, 2.24) is 5.32 Å². The maximum atomic E-state index is 12.8. The Balaban J connectivity index is 1.74. The molecule has 0 spiro atoms. The van der Waals surface area contributed by atoms with Crippen molar-refractivity contribution in [3.63, 3.8) is 0 Å². The van der Waals surface area contributed by atoms with Crippen LogP contribution in [0.1, 0.15) is 21.8 Å². The Kier molecular flexibility index (Phi) is 7.76. The highest BCUT2D eigenvalue weighted by Crippen LogP contribution is 2.65. The van der Waals surface area contributed by atoms with E-state index >= 15 is 0 Å². The normalized spacial score (nSPS) is 19.3. The molecule has 0 aromatic heterocycles. The number of carbonyl (C=O) groups is 2. The van der Waals surface area contributed by atoms with Crippen LogP contribution in [0.25, 0.3) is 0 Å². The molecule has 2 aromatic rings. The molecule has 30 heavy (non-hydrogen) atoms. The quantitative estimate of drug-likeness (QED) is 0.330. The second-order valence-corrected chi connectivity index (χ2v) is 10.5. The summed E-state index contributed by atoms with van der Waals surface area (Å²) in [7, 11) is 0. The van der Waals surface area contributed by atoms with Gasteiger partial charge in [0.25, 0.3) is 5.91 Å². The van der Waals surface area contributed by atoms with E-state index in [1.807, 2.05) is 6.26 Å². The van der Waals surface area contributed by atoms with E-state index < -0.39 is 16.2 Å². The fraction of sp³-hybridized carbons (Fsp3) is 0.300. The lowest BCUT2D eigenvalue weighted by Crippen LogP contribution is -2.26.